The smallest absolute Gasteiger partial charge is 0.0327 e. The van der Waals surface area contributed by atoms with E-state index in [1.165, 1.54) is 9.13 Å². The second kappa shape index (κ2) is 3.48. The third-order valence-corrected chi connectivity index (χ3v) is 2.15. The van der Waals surface area contributed by atoms with Gasteiger partial charge in [-0.15, -0.1) is 0 Å². The van der Waals surface area contributed by atoms with E-state index in [9.17, 15) is 0 Å². The summed E-state index contributed by atoms with van der Waals surface area (Å²) in [6, 6.07) is 5.95. The molecule has 0 saturated carbocycles. The summed E-state index contributed by atoms with van der Waals surface area (Å²) >= 11 is 6.39. The molecule has 0 unspecified atom stereocenters. The third kappa shape index (κ3) is 2.05. The molecule has 10 heavy (non-hydrogen) atoms. The maximum absolute atomic E-state index is 5.60. The third-order valence-electron chi connectivity index (χ3n) is 1.16. The normalized spacial score (nSPS) is 9.80. The minimum Gasteiger partial charge on any atom is -0.399 e. The van der Waals surface area contributed by atoms with Gasteiger partial charge in [-0.2, -0.15) is 12.6 Å². The fraction of sp³-hybridized carbons (Fsp3) is 0.143. The van der Waals surface area contributed by atoms with Crippen LogP contribution in [0.25, 0.3) is 0 Å². The van der Waals surface area contributed by atoms with Gasteiger partial charge in [-0.1, -0.05) is 0 Å². The van der Waals surface area contributed by atoms with Gasteiger partial charge in [0, 0.05) is 15.0 Å². The summed E-state index contributed by atoms with van der Waals surface area (Å²) in [6.07, 6.45) is 0. The van der Waals surface area contributed by atoms with E-state index in [-0.39, 0.29) is 0 Å². The largest absolute Gasteiger partial charge is 0.399 e. The molecule has 0 saturated heterocycles. The Labute approximate surface area is 79.6 Å². The van der Waals surface area contributed by atoms with Crippen LogP contribution in [-0.2, 0) is 5.75 Å². The lowest BCUT2D eigenvalue weighted by Gasteiger charge is -1.98. The van der Waals surface area contributed by atoms with Crippen LogP contribution >= 0.6 is 35.2 Å². The topological polar surface area (TPSA) is 26.0 Å². The Morgan fingerprint density at radius 2 is 2.10 bits per heavy atom. The lowest BCUT2D eigenvalue weighted by molar-refractivity contribution is 1.41. The SMILES string of the molecule is Nc1cc(I)cc(CS)c1. The standard InChI is InChI=1S/C7H8INS/c8-6-1-5(4-10)2-7(9)3-6/h1-3,10H,4,9H2. The first-order chi connectivity index (χ1) is 4.72. The number of benzene rings is 1. The maximum Gasteiger partial charge on any atom is 0.0327 e. The van der Waals surface area contributed by atoms with Crippen molar-refractivity contribution < 1.29 is 0 Å². The van der Waals surface area contributed by atoms with Crippen LogP contribution in [0, 0.1) is 3.57 Å². The second-order valence-corrected chi connectivity index (χ2v) is 3.61. The average Bonchev–Trinajstić information content (AvgIpc) is 1.85. The van der Waals surface area contributed by atoms with Gasteiger partial charge in [0.25, 0.3) is 0 Å². The number of anilines is 1. The Bertz CT molecular complexity index is 217. The fourth-order valence-corrected chi connectivity index (χ4v) is 1.71. The van der Waals surface area contributed by atoms with Crippen molar-refractivity contribution in [3.05, 3.63) is 27.3 Å². The van der Waals surface area contributed by atoms with Gasteiger partial charge in [0.15, 0.2) is 0 Å². The van der Waals surface area contributed by atoms with Crippen LogP contribution in [0.1, 0.15) is 5.56 Å². The number of hydrogen-bond donors (Lipinski definition) is 2. The van der Waals surface area contributed by atoms with Crippen LogP contribution in [0.2, 0.25) is 0 Å². The lowest BCUT2D eigenvalue weighted by Crippen LogP contribution is -1.88. The van der Waals surface area contributed by atoms with E-state index in [0.717, 1.165) is 11.4 Å². The molecule has 1 nitrogen and oxygen atoms in total. The molecule has 1 aromatic rings. The summed E-state index contributed by atoms with van der Waals surface area (Å²) in [4.78, 5) is 0. The fourth-order valence-electron chi connectivity index (χ4n) is 0.767. The zero-order chi connectivity index (χ0) is 7.56. The Morgan fingerprint density at radius 1 is 1.40 bits per heavy atom. The van der Waals surface area contributed by atoms with Crippen molar-refractivity contribution in [2.24, 2.45) is 0 Å². The van der Waals surface area contributed by atoms with Crippen LogP contribution in [0.3, 0.4) is 0 Å². The molecular weight excluding hydrogens is 257 g/mol. The first-order valence-corrected chi connectivity index (χ1v) is 4.59. The van der Waals surface area contributed by atoms with E-state index < -0.39 is 0 Å². The van der Waals surface area contributed by atoms with Gasteiger partial charge in [-0.25, -0.2) is 0 Å². The number of nitrogens with two attached hydrogens (primary N) is 1. The molecule has 0 amide bonds. The molecular formula is C7H8INS. The molecule has 3 heteroatoms. The highest BCUT2D eigenvalue weighted by molar-refractivity contribution is 14.1. The van der Waals surface area contributed by atoms with Crippen molar-refractivity contribution in [2.75, 3.05) is 5.73 Å². The molecule has 0 fully saturated rings. The molecule has 1 aromatic carbocycles. The van der Waals surface area contributed by atoms with Crippen LogP contribution in [-0.4, -0.2) is 0 Å². The van der Waals surface area contributed by atoms with E-state index in [0.29, 0.717) is 0 Å². The predicted molar refractivity (Wildman–Crippen MR) is 56.3 cm³/mol. The summed E-state index contributed by atoms with van der Waals surface area (Å²) in [5.74, 6) is 0.751. The van der Waals surface area contributed by atoms with Crippen molar-refractivity contribution in [1.29, 1.82) is 0 Å². The Hall–Kier alpha value is 0.1000. The molecule has 54 valence electrons. The van der Waals surface area contributed by atoms with Crippen molar-refractivity contribution >= 4 is 40.9 Å². The molecule has 0 aliphatic rings. The first-order valence-electron chi connectivity index (χ1n) is 2.88. The van der Waals surface area contributed by atoms with Gasteiger partial charge in [0.1, 0.15) is 0 Å². The predicted octanol–water partition coefficient (Wildman–Crippen LogP) is 2.30. The van der Waals surface area contributed by atoms with Crippen molar-refractivity contribution in [3.8, 4) is 0 Å². The minimum absolute atomic E-state index is 0.751. The number of rotatable bonds is 1. The van der Waals surface area contributed by atoms with Gasteiger partial charge >= 0.3 is 0 Å². The van der Waals surface area contributed by atoms with Crippen molar-refractivity contribution in [1.82, 2.24) is 0 Å². The molecule has 0 aromatic heterocycles. The highest BCUT2D eigenvalue weighted by Crippen LogP contribution is 2.14. The second-order valence-electron chi connectivity index (χ2n) is 2.05. The zero-order valence-corrected chi connectivity index (χ0v) is 8.39. The van der Waals surface area contributed by atoms with Gasteiger partial charge in [-0.05, 0) is 46.4 Å². The average molecular weight is 265 g/mol. The minimum atomic E-state index is 0.751. The molecule has 0 radical (unpaired) electrons. The van der Waals surface area contributed by atoms with E-state index >= 15 is 0 Å². The number of thiol groups is 1. The Balaban J connectivity index is 3.06. The summed E-state index contributed by atoms with van der Waals surface area (Å²) < 4.78 is 1.17. The molecule has 0 bridgehead atoms. The first kappa shape index (κ1) is 8.20. The Kier molecular flexibility index (Phi) is 2.85. The molecule has 2 N–H and O–H groups in total. The van der Waals surface area contributed by atoms with Crippen LogP contribution < -0.4 is 5.73 Å². The van der Waals surface area contributed by atoms with Crippen LogP contribution in [0.4, 0.5) is 5.69 Å². The van der Waals surface area contributed by atoms with Gasteiger partial charge in [-0.3, -0.25) is 0 Å². The number of halogens is 1. The highest BCUT2D eigenvalue weighted by atomic mass is 127. The van der Waals surface area contributed by atoms with E-state index in [2.05, 4.69) is 41.3 Å². The van der Waals surface area contributed by atoms with Crippen LogP contribution in [0.5, 0.6) is 0 Å². The summed E-state index contributed by atoms with van der Waals surface area (Å²) in [5.41, 5.74) is 7.59. The van der Waals surface area contributed by atoms with Gasteiger partial charge < -0.3 is 5.73 Å². The van der Waals surface area contributed by atoms with Crippen molar-refractivity contribution in [3.63, 3.8) is 0 Å². The van der Waals surface area contributed by atoms with E-state index in [1.54, 1.807) is 0 Å². The van der Waals surface area contributed by atoms with E-state index in [4.69, 9.17) is 5.73 Å². The Morgan fingerprint density at radius 3 is 2.60 bits per heavy atom. The quantitative estimate of drug-likeness (QED) is 0.455. The molecule has 0 spiro atoms. The lowest BCUT2D eigenvalue weighted by atomic mass is 10.2. The zero-order valence-electron chi connectivity index (χ0n) is 5.34. The molecule has 1 rings (SSSR count). The van der Waals surface area contributed by atoms with Crippen molar-refractivity contribution in [2.45, 2.75) is 5.75 Å². The molecule has 0 aliphatic carbocycles. The van der Waals surface area contributed by atoms with Gasteiger partial charge in [0.05, 0.1) is 0 Å². The summed E-state index contributed by atoms with van der Waals surface area (Å²) in [5, 5.41) is 0. The maximum atomic E-state index is 5.60. The summed E-state index contributed by atoms with van der Waals surface area (Å²) in [6.45, 7) is 0. The summed E-state index contributed by atoms with van der Waals surface area (Å²) in [7, 11) is 0. The monoisotopic (exact) mass is 265 g/mol. The van der Waals surface area contributed by atoms with E-state index in [1.807, 2.05) is 12.1 Å². The molecule has 0 heterocycles. The van der Waals surface area contributed by atoms with Crippen LogP contribution in [0.15, 0.2) is 18.2 Å². The molecule has 0 aliphatic heterocycles. The number of nitrogen functional groups attached to an aromatic ring is 1. The van der Waals surface area contributed by atoms with Gasteiger partial charge in [0.2, 0.25) is 0 Å². The highest BCUT2D eigenvalue weighted by Gasteiger charge is 1.93. The molecule has 0 atom stereocenters. The number of hydrogen-bond acceptors (Lipinski definition) is 2.